The van der Waals surface area contributed by atoms with Crippen molar-refractivity contribution in [1.82, 2.24) is 9.55 Å². The van der Waals surface area contributed by atoms with Gasteiger partial charge < -0.3 is 10.3 Å². The highest BCUT2D eigenvalue weighted by Gasteiger charge is 2.33. The van der Waals surface area contributed by atoms with Crippen molar-refractivity contribution in [2.24, 2.45) is 5.73 Å². The maximum atomic E-state index is 13.4. The summed E-state index contributed by atoms with van der Waals surface area (Å²) in [5, 5.41) is 10.1. The van der Waals surface area contributed by atoms with Gasteiger partial charge in [-0.25, -0.2) is 4.98 Å². The normalized spacial score (nSPS) is 15.9. The summed E-state index contributed by atoms with van der Waals surface area (Å²) in [6.45, 7) is 0.404. The molecular formula is C19H15FN4O. The maximum Gasteiger partial charge on any atom is 0.225 e. The van der Waals surface area contributed by atoms with Crippen LogP contribution in [0.1, 0.15) is 34.9 Å². The van der Waals surface area contributed by atoms with Crippen LogP contribution in [0.5, 0.6) is 0 Å². The smallest absolute Gasteiger partial charge is 0.225 e. The van der Waals surface area contributed by atoms with E-state index in [-0.39, 0.29) is 11.8 Å². The number of hydrogen-bond acceptors (Lipinski definition) is 3. The lowest BCUT2D eigenvalue weighted by atomic mass is 9.98. The number of primary amides is 1. The number of pyridine rings is 1. The molecule has 25 heavy (non-hydrogen) atoms. The molecule has 3 aromatic rings. The minimum atomic E-state index is -0.521. The average molecular weight is 334 g/mol. The van der Waals surface area contributed by atoms with E-state index in [4.69, 9.17) is 5.73 Å². The molecular weight excluding hydrogens is 319 g/mol. The van der Waals surface area contributed by atoms with Gasteiger partial charge in [-0.3, -0.25) is 4.79 Å². The van der Waals surface area contributed by atoms with Crippen molar-refractivity contribution in [1.29, 1.82) is 5.26 Å². The SMILES string of the molecule is N#Cc1ccc2c(c1)c1c(n2Cc2cccc(F)n2)CCC1C(N)=O. The van der Waals surface area contributed by atoms with Crippen molar-refractivity contribution < 1.29 is 9.18 Å². The number of aromatic nitrogens is 2. The van der Waals surface area contributed by atoms with Gasteiger partial charge >= 0.3 is 0 Å². The summed E-state index contributed by atoms with van der Waals surface area (Å²) in [6, 6.07) is 12.2. The standard InChI is InChI=1S/C19H15FN4O/c20-17-3-1-2-12(23-17)10-24-15-6-4-11(9-21)8-14(15)18-13(19(22)25)5-7-16(18)24/h1-4,6,8,13H,5,7,10H2,(H2,22,25). The second kappa shape index (κ2) is 5.71. The Bertz CT molecular complexity index is 1050. The van der Waals surface area contributed by atoms with E-state index in [1.807, 2.05) is 6.07 Å². The number of benzene rings is 1. The number of nitrogens with zero attached hydrogens (tertiary/aromatic N) is 3. The molecule has 4 rings (SSSR count). The number of fused-ring (bicyclic) bond motifs is 3. The van der Waals surface area contributed by atoms with E-state index >= 15 is 0 Å². The van der Waals surface area contributed by atoms with E-state index in [2.05, 4.69) is 15.6 Å². The third kappa shape index (κ3) is 2.45. The number of nitrogens with two attached hydrogens (primary N) is 1. The first-order chi connectivity index (χ1) is 12.1. The molecule has 124 valence electrons. The summed E-state index contributed by atoms with van der Waals surface area (Å²) < 4.78 is 15.5. The highest BCUT2D eigenvalue weighted by molar-refractivity contribution is 5.94. The van der Waals surface area contributed by atoms with E-state index in [9.17, 15) is 14.4 Å². The van der Waals surface area contributed by atoms with Crippen molar-refractivity contribution in [3.63, 3.8) is 0 Å². The summed E-state index contributed by atoms with van der Waals surface area (Å²) in [5.74, 6) is -1.23. The van der Waals surface area contributed by atoms with Crippen molar-refractivity contribution in [3.8, 4) is 6.07 Å². The van der Waals surface area contributed by atoms with Gasteiger partial charge in [-0.2, -0.15) is 9.65 Å². The van der Waals surface area contributed by atoms with Crippen molar-refractivity contribution in [2.45, 2.75) is 25.3 Å². The Hall–Kier alpha value is -3.20. The molecule has 1 aliphatic rings. The number of nitriles is 1. The maximum absolute atomic E-state index is 13.4. The van der Waals surface area contributed by atoms with Crippen LogP contribution < -0.4 is 5.73 Å². The molecule has 1 atom stereocenters. The predicted octanol–water partition coefficient (Wildman–Crippen LogP) is 2.61. The zero-order chi connectivity index (χ0) is 17.6. The predicted molar refractivity (Wildman–Crippen MR) is 90.2 cm³/mol. The largest absolute Gasteiger partial charge is 0.369 e. The number of carbonyl (C=O) groups excluding carboxylic acids is 1. The van der Waals surface area contributed by atoms with Crippen LogP contribution in [-0.2, 0) is 17.8 Å². The van der Waals surface area contributed by atoms with Gasteiger partial charge in [0.25, 0.3) is 0 Å². The fourth-order valence-electron chi connectivity index (χ4n) is 3.75. The first kappa shape index (κ1) is 15.3. The molecule has 0 aliphatic heterocycles. The van der Waals surface area contributed by atoms with Gasteiger partial charge in [0.2, 0.25) is 11.9 Å². The first-order valence-electron chi connectivity index (χ1n) is 8.04. The van der Waals surface area contributed by atoms with Gasteiger partial charge in [-0.05, 0) is 48.7 Å². The Labute approximate surface area is 143 Å². The van der Waals surface area contributed by atoms with Crippen LogP contribution in [-0.4, -0.2) is 15.5 Å². The summed E-state index contributed by atoms with van der Waals surface area (Å²) >= 11 is 0. The molecule has 1 aliphatic carbocycles. The Morgan fingerprint density at radius 3 is 2.96 bits per heavy atom. The van der Waals surface area contributed by atoms with Crippen LogP contribution in [0.4, 0.5) is 4.39 Å². The lowest BCUT2D eigenvalue weighted by molar-refractivity contribution is -0.119. The molecule has 0 spiro atoms. The van der Waals surface area contributed by atoms with Crippen molar-refractivity contribution in [2.75, 3.05) is 0 Å². The summed E-state index contributed by atoms with van der Waals surface area (Å²) in [4.78, 5) is 15.8. The second-order valence-electron chi connectivity index (χ2n) is 6.24. The zero-order valence-electron chi connectivity index (χ0n) is 13.4. The van der Waals surface area contributed by atoms with Crippen LogP contribution in [0.3, 0.4) is 0 Å². The summed E-state index contributed by atoms with van der Waals surface area (Å²) in [5.41, 5.74) is 9.53. The molecule has 2 heterocycles. The molecule has 1 aromatic carbocycles. The Morgan fingerprint density at radius 1 is 1.40 bits per heavy atom. The Balaban J connectivity index is 1.93. The van der Waals surface area contributed by atoms with E-state index in [1.165, 1.54) is 6.07 Å². The summed E-state index contributed by atoms with van der Waals surface area (Å²) in [6.07, 6.45) is 1.37. The number of halogens is 1. The molecule has 0 radical (unpaired) electrons. The van der Waals surface area contributed by atoms with Gasteiger partial charge in [0.1, 0.15) is 0 Å². The van der Waals surface area contributed by atoms with Crippen LogP contribution in [0.25, 0.3) is 10.9 Å². The number of carbonyl (C=O) groups is 1. The van der Waals surface area contributed by atoms with E-state index in [0.717, 1.165) is 28.6 Å². The monoisotopic (exact) mass is 334 g/mol. The molecule has 2 N–H and O–H groups in total. The van der Waals surface area contributed by atoms with Gasteiger partial charge in [-0.1, -0.05) is 6.07 Å². The average Bonchev–Trinajstić information content (AvgIpc) is 3.15. The molecule has 1 amide bonds. The zero-order valence-corrected chi connectivity index (χ0v) is 13.4. The van der Waals surface area contributed by atoms with Crippen molar-refractivity contribution >= 4 is 16.8 Å². The highest BCUT2D eigenvalue weighted by atomic mass is 19.1. The molecule has 0 saturated carbocycles. The topological polar surface area (TPSA) is 84.7 Å². The second-order valence-corrected chi connectivity index (χ2v) is 6.24. The molecule has 1 unspecified atom stereocenters. The molecule has 0 saturated heterocycles. The highest BCUT2D eigenvalue weighted by Crippen LogP contribution is 2.41. The van der Waals surface area contributed by atoms with Gasteiger partial charge in [0, 0.05) is 16.6 Å². The Morgan fingerprint density at radius 2 is 2.24 bits per heavy atom. The fourth-order valence-corrected chi connectivity index (χ4v) is 3.75. The van der Waals surface area contributed by atoms with Gasteiger partial charge in [-0.15, -0.1) is 0 Å². The first-order valence-corrected chi connectivity index (χ1v) is 8.04. The number of rotatable bonds is 3. The third-order valence-electron chi connectivity index (χ3n) is 4.80. The molecule has 2 aromatic heterocycles. The minimum absolute atomic E-state index is 0.354. The molecule has 0 fully saturated rings. The van der Waals surface area contributed by atoms with E-state index in [0.29, 0.717) is 24.2 Å². The lowest BCUT2D eigenvalue weighted by Crippen LogP contribution is -2.19. The minimum Gasteiger partial charge on any atom is -0.369 e. The van der Waals surface area contributed by atoms with Crippen LogP contribution in [0.2, 0.25) is 0 Å². The molecule has 5 nitrogen and oxygen atoms in total. The fraction of sp³-hybridized carbons (Fsp3) is 0.211. The van der Waals surface area contributed by atoms with Crippen LogP contribution >= 0.6 is 0 Å². The lowest BCUT2D eigenvalue weighted by Gasteiger charge is -2.09. The van der Waals surface area contributed by atoms with Crippen molar-refractivity contribution in [3.05, 3.63) is 64.9 Å². The summed E-state index contributed by atoms with van der Waals surface area (Å²) in [7, 11) is 0. The van der Waals surface area contributed by atoms with Gasteiger partial charge in [0.15, 0.2) is 0 Å². The molecule has 6 heteroatoms. The third-order valence-corrected chi connectivity index (χ3v) is 4.80. The van der Waals surface area contributed by atoms with E-state index < -0.39 is 5.95 Å². The van der Waals surface area contributed by atoms with Crippen LogP contribution in [0.15, 0.2) is 36.4 Å². The van der Waals surface area contributed by atoms with Gasteiger partial charge in [0.05, 0.1) is 29.8 Å². The molecule has 0 bridgehead atoms. The number of hydrogen-bond donors (Lipinski definition) is 1. The Kier molecular flexibility index (Phi) is 3.50. The quantitative estimate of drug-likeness (QED) is 0.747. The van der Waals surface area contributed by atoms with Crippen LogP contribution in [0, 0.1) is 17.3 Å². The number of amides is 1. The van der Waals surface area contributed by atoms with E-state index in [1.54, 1.807) is 24.3 Å².